The molecule has 20 heavy (non-hydrogen) atoms. The molecule has 0 N–H and O–H groups in total. The summed E-state index contributed by atoms with van der Waals surface area (Å²) < 4.78 is 38.0. The number of rotatable bonds is 2. The van der Waals surface area contributed by atoms with Gasteiger partial charge in [-0.2, -0.15) is 13.2 Å². The quantitative estimate of drug-likeness (QED) is 0.772. The summed E-state index contributed by atoms with van der Waals surface area (Å²) >= 11 is 6.09. The van der Waals surface area contributed by atoms with E-state index in [9.17, 15) is 13.2 Å². The maximum Gasteiger partial charge on any atom is 0.391 e. The van der Waals surface area contributed by atoms with Crippen LogP contribution in [-0.2, 0) is 0 Å². The smallest absolute Gasteiger partial charge is 0.356 e. The number of alkyl halides is 3. The normalized spacial score (nSPS) is 17.9. The molecule has 3 nitrogen and oxygen atoms in total. The Labute approximate surface area is 121 Å². The SMILES string of the molecule is CC(C)c1c(Cl)ncnc1N1CCC(C(F)(F)F)CC1. The molecule has 0 spiro atoms. The number of anilines is 1. The Bertz CT molecular complexity index is 468. The Kier molecular flexibility index (Phi) is 4.42. The second-order valence-corrected chi connectivity index (χ2v) is 5.72. The first kappa shape index (κ1) is 15.4. The Balaban J connectivity index is 2.17. The van der Waals surface area contributed by atoms with E-state index in [1.165, 1.54) is 6.33 Å². The van der Waals surface area contributed by atoms with Crippen LogP contribution in [0.3, 0.4) is 0 Å². The van der Waals surface area contributed by atoms with Gasteiger partial charge in [0.05, 0.1) is 5.92 Å². The van der Waals surface area contributed by atoms with Crippen LogP contribution >= 0.6 is 11.6 Å². The van der Waals surface area contributed by atoms with E-state index < -0.39 is 12.1 Å². The van der Waals surface area contributed by atoms with Crippen molar-refractivity contribution in [2.75, 3.05) is 18.0 Å². The van der Waals surface area contributed by atoms with Crippen molar-refractivity contribution in [3.63, 3.8) is 0 Å². The molecule has 0 atom stereocenters. The summed E-state index contributed by atoms with van der Waals surface area (Å²) in [6, 6.07) is 0. The van der Waals surface area contributed by atoms with Crippen LogP contribution in [0.25, 0.3) is 0 Å². The van der Waals surface area contributed by atoms with Gasteiger partial charge in [-0.15, -0.1) is 0 Å². The van der Waals surface area contributed by atoms with Crippen LogP contribution in [-0.4, -0.2) is 29.2 Å². The first-order valence-electron chi connectivity index (χ1n) is 6.62. The van der Waals surface area contributed by atoms with Gasteiger partial charge in [0.15, 0.2) is 0 Å². The first-order valence-corrected chi connectivity index (χ1v) is 7.00. The topological polar surface area (TPSA) is 29.0 Å². The van der Waals surface area contributed by atoms with Crippen LogP contribution in [0, 0.1) is 5.92 Å². The van der Waals surface area contributed by atoms with Gasteiger partial charge in [-0.25, -0.2) is 9.97 Å². The molecule has 0 aliphatic carbocycles. The van der Waals surface area contributed by atoms with E-state index >= 15 is 0 Å². The van der Waals surface area contributed by atoms with Crippen molar-refractivity contribution in [1.29, 1.82) is 0 Å². The van der Waals surface area contributed by atoms with Crippen molar-refractivity contribution in [3.8, 4) is 0 Å². The van der Waals surface area contributed by atoms with E-state index in [1.54, 1.807) is 0 Å². The minimum absolute atomic E-state index is 0.0999. The molecule has 1 aromatic heterocycles. The first-order chi connectivity index (χ1) is 9.30. The van der Waals surface area contributed by atoms with E-state index in [-0.39, 0.29) is 18.8 Å². The van der Waals surface area contributed by atoms with Gasteiger partial charge in [0.25, 0.3) is 0 Å². The molecule has 1 aliphatic heterocycles. The zero-order chi connectivity index (χ0) is 14.9. The number of nitrogens with zero attached hydrogens (tertiary/aromatic N) is 3. The highest BCUT2D eigenvalue weighted by molar-refractivity contribution is 6.30. The van der Waals surface area contributed by atoms with Crippen LogP contribution in [0.5, 0.6) is 0 Å². The van der Waals surface area contributed by atoms with Crippen LogP contribution < -0.4 is 4.90 Å². The van der Waals surface area contributed by atoms with Crippen LogP contribution in [0.1, 0.15) is 38.2 Å². The average molecular weight is 308 g/mol. The van der Waals surface area contributed by atoms with Crippen molar-refractivity contribution >= 4 is 17.4 Å². The van der Waals surface area contributed by atoms with Gasteiger partial charge < -0.3 is 4.90 Å². The molecule has 0 unspecified atom stereocenters. The third-order valence-electron chi connectivity index (χ3n) is 3.65. The summed E-state index contributed by atoms with van der Waals surface area (Å²) in [4.78, 5) is 10.1. The third kappa shape index (κ3) is 3.16. The minimum atomic E-state index is -4.10. The number of aromatic nitrogens is 2. The van der Waals surface area contributed by atoms with E-state index in [0.717, 1.165) is 5.56 Å². The van der Waals surface area contributed by atoms with Gasteiger partial charge in [0.1, 0.15) is 17.3 Å². The summed E-state index contributed by atoms with van der Waals surface area (Å²) in [6.45, 7) is 4.63. The monoisotopic (exact) mass is 307 g/mol. The lowest BCUT2D eigenvalue weighted by molar-refractivity contribution is -0.179. The number of hydrogen-bond acceptors (Lipinski definition) is 3. The third-order valence-corrected chi connectivity index (χ3v) is 3.95. The molecule has 112 valence electrons. The van der Waals surface area contributed by atoms with Gasteiger partial charge in [-0.3, -0.25) is 0 Å². The zero-order valence-corrected chi connectivity index (χ0v) is 12.2. The summed E-state index contributed by atoms with van der Waals surface area (Å²) in [5.41, 5.74) is 0.805. The molecular formula is C13H17ClF3N3. The zero-order valence-electron chi connectivity index (χ0n) is 11.4. The molecule has 1 saturated heterocycles. The minimum Gasteiger partial charge on any atom is -0.356 e. The van der Waals surface area contributed by atoms with Crippen molar-refractivity contribution in [2.24, 2.45) is 5.92 Å². The second-order valence-electron chi connectivity index (χ2n) is 5.36. The summed E-state index contributed by atoms with van der Waals surface area (Å²) in [7, 11) is 0. The van der Waals surface area contributed by atoms with E-state index in [2.05, 4.69) is 9.97 Å². The van der Waals surface area contributed by atoms with Crippen molar-refractivity contribution in [2.45, 2.75) is 38.8 Å². The fraction of sp³-hybridized carbons (Fsp3) is 0.692. The molecule has 0 bridgehead atoms. The summed E-state index contributed by atoms with van der Waals surface area (Å²) in [5, 5.41) is 0.378. The molecule has 2 rings (SSSR count). The molecule has 0 saturated carbocycles. The molecule has 1 aromatic rings. The van der Waals surface area contributed by atoms with Crippen LogP contribution in [0.4, 0.5) is 19.0 Å². The second kappa shape index (κ2) is 5.76. The maximum atomic E-state index is 12.7. The summed E-state index contributed by atoms with van der Waals surface area (Å²) in [6.07, 6.45) is -2.54. The highest BCUT2D eigenvalue weighted by Gasteiger charge is 2.41. The van der Waals surface area contributed by atoms with Crippen molar-refractivity contribution in [3.05, 3.63) is 17.0 Å². The van der Waals surface area contributed by atoms with Gasteiger partial charge in [0.2, 0.25) is 0 Å². The average Bonchev–Trinajstić information content (AvgIpc) is 2.37. The lowest BCUT2D eigenvalue weighted by Crippen LogP contribution is -2.39. The Hall–Kier alpha value is -1.04. The lowest BCUT2D eigenvalue weighted by atomic mass is 9.95. The predicted octanol–water partition coefficient (Wildman–Crippen LogP) is 4.03. The molecule has 0 amide bonds. The van der Waals surface area contributed by atoms with E-state index in [1.807, 2.05) is 18.7 Å². The molecule has 2 heterocycles. The van der Waals surface area contributed by atoms with Gasteiger partial charge in [0, 0.05) is 18.7 Å². The van der Waals surface area contributed by atoms with Crippen LogP contribution in [0.15, 0.2) is 6.33 Å². The van der Waals surface area contributed by atoms with E-state index in [0.29, 0.717) is 24.1 Å². The molecule has 0 aromatic carbocycles. The number of hydrogen-bond donors (Lipinski definition) is 0. The van der Waals surface area contributed by atoms with Gasteiger partial charge in [-0.1, -0.05) is 25.4 Å². The molecule has 7 heteroatoms. The maximum absolute atomic E-state index is 12.7. The van der Waals surface area contributed by atoms with E-state index in [4.69, 9.17) is 11.6 Å². The number of halogens is 4. The highest BCUT2D eigenvalue weighted by atomic mass is 35.5. The molecular weight excluding hydrogens is 291 g/mol. The highest BCUT2D eigenvalue weighted by Crippen LogP contribution is 2.37. The predicted molar refractivity (Wildman–Crippen MR) is 72.1 cm³/mol. The van der Waals surface area contributed by atoms with Gasteiger partial charge in [-0.05, 0) is 18.8 Å². The largest absolute Gasteiger partial charge is 0.391 e. The lowest BCUT2D eigenvalue weighted by Gasteiger charge is -2.35. The fourth-order valence-electron chi connectivity index (χ4n) is 2.53. The number of piperidine rings is 1. The summed E-state index contributed by atoms with van der Waals surface area (Å²) in [5.74, 6) is -0.418. The Morgan fingerprint density at radius 3 is 2.35 bits per heavy atom. The van der Waals surface area contributed by atoms with Crippen LogP contribution in [0.2, 0.25) is 5.15 Å². The molecule has 0 radical (unpaired) electrons. The standard InChI is InChI=1S/C13H17ClF3N3/c1-8(2)10-11(14)18-7-19-12(10)20-5-3-9(4-6-20)13(15,16)17/h7-9H,3-6H2,1-2H3. The Morgan fingerprint density at radius 2 is 1.85 bits per heavy atom. The fourth-order valence-corrected chi connectivity index (χ4v) is 2.88. The Morgan fingerprint density at radius 1 is 1.25 bits per heavy atom. The molecule has 1 aliphatic rings. The van der Waals surface area contributed by atoms with Crippen molar-refractivity contribution < 1.29 is 13.2 Å². The van der Waals surface area contributed by atoms with Gasteiger partial charge >= 0.3 is 6.18 Å². The van der Waals surface area contributed by atoms with Crippen molar-refractivity contribution in [1.82, 2.24) is 9.97 Å². The molecule has 1 fully saturated rings.